The third kappa shape index (κ3) is 4.72. The maximum atomic E-state index is 13.5. The van der Waals surface area contributed by atoms with Crippen LogP contribution in [0.4, 0.5) is 18.0 Å². The second kappa shape index (κ2) is 8.20. The lowest BCUT2D eigenvalue weighted by Gasteiger charge is -2.31. The van der Waals surface area contributed by atoms with Gasteiger partial charge in [0, 0.05) is 23.7 Å². The Morgan fingerprint density at radius 2 is 1.79 bits per heavy atom. The maximum Gasteiger partial charge on any atom is 0.416 e. The molecule has 0 aliphatic carbocycles. The van der Waals surface area contributed by atoms with Gasteiger partial charge in [0.1, 0.15) is 11.2 Å². The molecule has 1 aliphatic rings. The van der Waals surface area contributed by atoms with E-state index < -0.39 is 23.4 Å². The van der Waals surface area contributed by atoms with Gasteiger partial charge in [0.05, 0.1) is 18.7 Å². The molecule has 0 radical (unpaired) electrons. The number of hydrogen-bond acceptors (Lipinski definition) is 4. The van der Waals surface area contributed by atoms with Crippen molar-refractivity contribution in [2.24, 2.45) is 0 Å². The fourth-order valence-electron chi connectivity index (χ4n) is 3.97. The molecule has 0 fully saturated rings. The van der Waals surface area contributed by atoms with Crippen LogP contribution in [0, 0.1) is 0 Å². The smallest absolute Gasteiger partial charge is 0.416 e. The quantitative estimate of drug-likeness (QED) is 0.555. The average Bonchev–Trinajstić information content (AvgIpc) is 2.75. The summed E-state index contributed by atoms with van der Waals surface area (Å²) < 4.78 is 45.6. The number of halogens is 3. The monoisotopic (exact) mass is 459 g/mol. The molecule has 0 saturated heterocycles. The van der Waals surface area contributed by atoms with Crippen molar-refractivity contribution < 1.29 is 22.7 Å². The van der Waals surface area contributed by atoms with Crippen molar-refractivity contribution in [3.8, 4) is 0 Å². The summed E-state index contributed by atoms with van der Waals surface area (Å²) in [5.74, 6) is 0. The predicted octanol–water partition coefficient (Wildman–Crippen LogP) is 4.76. The van der Waals surface area contributed by atoms with Crippen molar-refractivity contribution in [3.63, 3.8) is 0 Å². The molecular formula is C24H24F3N3O3. The lowest BCUT2D eigenvalue weighted by atomic mass is 9.97. The van der Waals surface area contributed by atoms with E-state index >= 15 is 0 Å². The number of aromatic nitrogens is 2. The van der Waals surface area contributed by atoms with Crippen molar-refractivity contribution >= 4 is 17.1 Å². The molecule has 0 spiro atoms. The van der Waals surface area contributed by atoms with Crippen LogP contribution in [0.1, 0.15) is 43.0 Å². The summed E-state index contributed by atoms with van der Waals surface area (Å²) in [5, 5.41) is 0.794. The molecular weight excluding hydrogens is 435 g/mol. The number of carbonyl (C=O) groups excluding carboxylic acids is 1. The summed E-state index contributed by atoms with van der Waals surface area (Å²) in [7, 11) is 0. The van der Waals surface area contributed by atoms with Gasteiger partial charge in [0.15, 0.2) is 0 Å². The van der Waals surface area contributed by atoms with Crippen LogP contribution >= 0.6 is 0 Å². The number of ether oxygens (including phenoxy) is 1. The Bertz CT molecular complexity index is 1260. The number of pyridine rings is 2. The number of hydrogen-bond donors (Lipinski definition) is 0. The largest absolute Gasteiger partial charge is 0.444 e. The van der Waals surface area contributed by atoms with Crippen molar-refractivity contribution in [3.05, 3.63) is 75.2 Å². The summed E-state index contributed by atoms with van der Waals surface area (Å²) in [6, 6.07) is 8.35. The van der Waals surface area contributed by atoms with Gasteiger partial charge in [-0.2, -0.15) is 13.2 Å². The number of nitrogens with zero attached hydrogens (tertiary/aromatic N) is 3. The fraction of sp³-hybridized carbons (Fsp3) is 0.375. The minimum absolute atomic E-state index is 0.0597. The van der Waals surface area contributed by atoms with E-state index in [-0.39, 0.29) is 18.6 Å². The van der Waals surface area contributed by atoms with E-state index in [2.05, 4.69) is 4.98 Å². The highest BCUT2D eigenvalue weighted by molar-refractivity contribution is 5.81. The summed E-state index contributed by atoms with van der Waals surface area (Å²) >= 11 is 0. The van der Waals surface area contributed by atoms with E-state index in [1.54, 1.807) is 33.0 Å². The van der Waals surface area contributed by atoms with Crippen LogP contribution in [-0.2, 0) is 30.4 Å². The Morgan fingerprint density at radius 3 is 2.42 bits per heavy atom. The molecule has 0 atom stereocenters. The molecule has 4 rings (SSSR count). The lowest BCUT2D eigenvalue weighted by molar-refractivity contribution is -0.137. The van der Waals surface area contributed by atoms with E-state index in [9.17, 15) is 22.8 Å². The minimum Gasteiger partial charge on any atom is -0.444 e. The fourth-order valence-corrected chi connectivity index (χ4v) is 3.97. The van der Waals surface area contributed by atoms with Gasteiger partial charge < -0.3 is 9.64 Å². The zero-order valence-corrected chi connectivity index (χ0v) is 18.6. The van der Waals surface area contributed by atoms with E-state index in [4.69, 9.17) is 4.74 Å². The number of alkyl halides is 3. The second-order valence-electron chi connectivity index (χ2n) is 9.07. The summed E-state index contributed by atoms with van der Waals surface area (Å²) in [4.78, 5) is 31.9. The molecule has 0 saturated carbocycles. The van der Waals surface area contributed by atoms with Gasteiger partial charge in [-0.1, -0.05) is 12.1 Å². The first kappa shape index (κ1) is 22.8. The van der Waals surface area contributed by atoms with Gasteiger partial charge >= 0.3 is 12.3 Å². The number of rotatable bonds is 2. The lowest BCUT2D eigenvalue weighted by Crippen LogP contribution is -2.43. The van der Waals surface area contributed by atoms with Gasteiger partial charge in [-0.25, -0.2) is 9.78 Å². The van der Waals surface area contributed by atoms with Crippen LogP contribution in [0.5, 0.6) is 0 Å². The number of amides is 1. The average molecular weight is 459 g/mol. The highest BCUT2D eigenvalue weighted by atomic mass is 19.4. The first-order valence-corrected chi connectivity index (χ1v) is 10.6. The molecule has 1 aromatic carbocycles. The minimum atomic E-state index is -4.43. The first-order chi connectivity index (χ1) is 15.4. The molecule has 6 nitrogen and oxygen atoms in total. The zero-order chi connectivity index (χ0) is 24.0. The van der Waals surface area contributed by atoms with Gasteiger partial charge in [-0.15, -0.1) is 0 Å². The van der Waals surface area contributed by atoms with Crippen molar-refractivity contribution in [1.82, 2.24) is 14.5 Å². The number of carbonyl (C=O) groups is 1. The molecule has 0 bridgehead atoms. The Labute approximate surface area is 188 Å². The van der Waals surface area contributed by atoms with Crippen LogP contribution in [-0.4, -0.2) is 32.7 Å². The van der Waals surface area contributed by atoms with Crippen LogP contribution in [0.2, 0.25) is 0 Å². The first-order valence-electron chi connectivity index (χ1n) is 10.6. The molecule has 9 heteroatoms. The van der Waals surface area contributed by atoms with E-state index in [1.165, 1.54) is 21.6 Å². The van der Waals surface area contributed by atoms with E-state index in [0.29, 0.717) is 29.7 Å². The zero-order valence-electron chi connectivity index (χ0n) is 18.6. The van der Waals surface area contributed by atoms with Crippen molar-refractivity contribution in [2.75, 3.05) is 6.54 Å². The highest BCUT2D eigenvalue weighted by Gasteiger charge is 2.31. The molecule has 1 aliphatic heterocycles. The van der Waals surface area contributed by atoms with Crippen LogP contribution in [0.3, 0.4) is 0 Å². The third-order valence-corrected chi connectivity index (χ3v) is 5.49. The molecule has 3 heterocycles. The molecule has 2 aromatic heterocycles. The summed E-state index contributed by atoms with van der Waals surface area (Å²) in [6.07, 6.45) is -2.87. The molecule has 1 amide bonds. The van der Waals surface area contributed by atoms with Crippen LogP contribution < -0.4 is 5.56 Å². The molecule has 0 N–H and O–H groups in total. The summed E-state index contributed by atoms with van der Waals surface area (Å²) in [6.45, 7) is 5.90. The van der Waals surface area contributed by atoms with E-state index in [0.717, 1.165) is 23.1 Å². The van der Waals surface area contributed by atoms with Crippen molar-refractivity contribution in [1.29, 1.82) is 0 Å². The topological polar surface area (TPSA) is 64.4 Å². The Hall–Kier alpha value is -3.36. The maximum absolute atomic E-state index is 13.5. The third-order valence-electron chi connectivity index (χ3n) is 5.49. The standard InChI is InChI=1S/C24H24F3N3O3/c1-23(2,3)33-22(32)29-12-10-17-18-5-4-11-28-20(18)30(21(31)19(17)14-29)13-15-6-8-16(9-7-15)24(25,26)27/h4-9,11H,10,12-14H2,1-3H3. The highest BCUT2D eigenvalue weighted by Crippen LogP contribution is 2.30. The van der Waals surface area contributed by atoms with Crippen LogP contribution in [0.15, 0.2) is 47.4 Å². The Balaban J connectivity index is 1.74. The van der Waals surface area contributed by atoms with Crippen molar-refractivity contribution in [2.45, 2.75) is 52.1 Å². The molecule has 3 aromatic rings. The van der Waals surface area contributed by atoms with E-state index in [1.807, 2.05) is 6.07 Å². The molecule has 33 heavy (non-hydrogen) atoms. The van der Waals surface area contributed by atoms with Gasteiger partial charge in [0.25, 0.3) is 5.56 Å². The molecule has 0 unspecified atom stereocenters. The number of fused-ring (bicyclic) bond motifs is 3. The second-order valence-corrected chi connectivity index (χ2v) is 9.07. The van der Waals surface area contributed by atoms with Crippen LogP contribution in [0.25, 0.3) is 11.0 Å². The SMILES string of the molecule is CC(C)(C)OC(=O)N1CCc2c(c(=O)n(Cc3ccc(C(F)(F)F)cc3)c3ncccc23)C1. The van der Waals surface area contributed by atoms with Gasteiger partial charge in [-0.3, -0.25) is 9.36 Å². The summed E-state index contributed by atoms with van der Waals surface area (Å²) in [5.41, 5.74) is 0.590. The Morgan fingerprint density at radius 1 is 1.09 bits per heavy atom. The normalized spacial score (nSPS) is 14.3. The Kier molecular flexibility index (Phi) is 5.67. The number of benzene rings is 1. The predicted molar refractivity (Wildman–Crippen MR) is 117 cm³/mol. The molecule has 174 valence electrons. The van der Waals surface area contributed by atoms with Gasteiger partial charge in [0.2, 0.25) is 0 Å². The van der Waals surface area contributed by atoms with Gasteiger partial charge in [-0.05, 0) is 62.6 Å².